The number of Topliss-reactive ketones (excluding diaryl/α,β-unsaturated/α-hetero) is 1. The minimum absolute atomic E-state index is 0.115. The largest absolute Gasteiger partial charge is 0.466 e. The van der Waals surface area contributed by atoms with Crippen LogP contribution in [-0.2, 0) is 20.9 Å². The van der Waals surface area contributed by atoms with Crippen LogP contribution in [0.2, 0.25) is 0 Å². The number of ketones is 1. The summed E-state index contributed by atoms with van der Waals surface area (Å²) in [7, 11) is 0. The van der Waals surface area contributed by atoms with Crippen LogP contribution in [0.25, 0.3) is 11.3 Å². The van der Waals surface area contributed by atoms with Gasteiger partial charge in [-0.15, -0.1) is 0 Å². The molecular weight excluding hydrogens is 330 g/mol. The number of nitrogens with zero attached hydrogens (tertiary/aromatic N) is 3. The highest BCUT2D eigenvalue weighted by Crippen LogP contribution is 2.21. The molecule has 2 aromatic rings. The van der Waals surface area contributed by atoms with E-state index in [-0.39, 0.29) is 18.8 Å². The molecule has 0 bridgehead atoms. The average molecular weight is 345 g/mol. The summed E-state index contributed by atoms with van der Waals surface area (Å²) < 4.78 is 5.59. The predicted molar refractivity (Wildman–Crippen MR) is 86.8 cm³/mol. The van der Waals surface area contributed by atoms with E-state index >= 15 is 0 Å². The number of nitro groups is 1. The molecule has 0 aliphatic heterocycles. The molecular formula is C16H15N3O6. The number of hydrogen-bond donors (Lipinski definition) is 0. The molecule has 0 fully saturated rings. The van der Waals surface area contributed by atoms with E-state index in [0.717, 1.165) is 4.68 Å². The lowest BCUT2D eigenvalue weighted by molar-refractivity contribution is -0.384. The zero-order valence-electron chi connectivity index (χ0n) is 13.4. The maximum absolute atomic E-state index is 11.9. The van der Waals surface area contributed by atoms with Gasteiger partial charge in [0.15, 0.2) is 5.78 Å². The number of esters is 1. The van der Waals surface area contributed by atoms with Gasteiger partial charge in [-0.05, 0) is 13.0 Å². The van der Waals surface area contributed by atoms with Gasteiger partial charge in [-0.3, -0.25) is 24.5 Å². The number of ether oxygens (including phenoxy) is 1. The molecule has 0 radical (unpaired) electrons. The Kier molecular flexibility index (Phi) is 5.72. The number of carbonyl (C=O) groups excluding carboxylic acids is 2. The van der Waals surface area contributed by atoms with Crippen molar-refractivity contribution in [3.05, 3.63) is 56.9 Å². The van der Waals surface area contributed by atoms with E-state index in [4.69, 9.17) is 0 Å². The number of hydrogen-bond acceptors (Lipinski definition) is 7. The highest BCUT2D eigenvalue weighted by molar-refractivity contribution is 5.95. The van der Waals surface area contributed by atoms with Crippen LogP contribution in [0.4, 0.5) is 5.69 Å². The Morgan fingerprint density at radius 1 is 1.28 bits per heavy atom. The molecule has 25 heavy (non-hydrogen) atoms. The van der Waals surface area contributed by atoms with Crippen LogP contribution in [0.3, 0.4) is 0 Å². The first-order valence-corrected chi connectivity index (χ1v) is 7.41. The Labute approximate surface area is 142 Å². The zero-order chi connectivity index (χ0) is 18.4. The first-order valence-electron chi connectivity index (χ1n) is 7.41. The molecule has 0 N–H and O–H groups in total. The van der Waals surface area contributed by atoms with E-state index in [9.17, 15) is 24.5 Å². The van der Waals surface area contributed by atoms with Crippen LogP contribution in [0.5, 0.6) is 0 Å². The Balaban J connectivity index is 2.24. The fourth-order valence-electron chi connectivity index (χ4n) is 2.09. The summed E-state index contributed by atoms with van der Waals surface area (Å²) >= 11 is 0. The fourth-order valence-corrected chi connectivity index (χ4v) is 2.09. The summed E-state index contributed by atoms with van der Waals surface area (Å²) in [6.45, 7) is 1.39. The third-order valence-electron chi connectivity index (χ3n) is 3.19. The summed E-state index contributed by atoms with van der Waals surface area (Å²) in [5, 5.41) is 14.9. The molecule has 0 spiro atoms. The molecule has 0 unspecified atom stereocenters. The van der Waals surface area contributed by atoms with Crippen LogP contribution in [-0.4, -0.2) is 33.1 Å². The highest BCUT2D eigenvalue weighted by atomic mass is 16.6. The molecule has 1 aromatic carbocycles. The van der Waals surface area contributed by atoms with E-state index in [2.05, 4.69) is 9.84 Å². The van der Waals surface area contributed by atoms with Gasteiger partial charge in [-0.25, -0.2) is 4.68 Å². The van der Waals surface area contributed by atoms with Gasteiger partial charge in [0.05, 0.1) is 17.2 Å². The van der Waals surface area contributed by atoms with Crippen molar-refractivity contribution in [3.63, 3.8) is 0 Å². The third-order valence-corrected chi connectivity index (χ3v) is 3.19. The molecule has 0 aliphatic carbocycles. The first-order chi connectivity index (χ1) is 11.9. The van der Waals surface area contributed by atoms with Crippen LogP contribution in [0.1, 0.15) is 13.3 Å². The van der Waals surface area contributed by atoms with E-state index in [1.807, 2.05) is 0 Å². The average Bonchev–Trinajstić information content (AvgIpc) is 2.57. The number of nitro benzene ring substituents is 1. The van der Waals surface area contributed by atoms with E-state index in [0.29, 0.717) is 11.3 Å². The normalized spacial score (nSPS) is 10.3. The van der Waals surface area contributed by atoms with Crippen LogP contribution in [0, 0.1) is 10.1 Å². The van der Waals surface area contributed by atoms with E-state index in [1.54, 1.807) is 13.0 Å². The van der Waals surface area contributed by atoms with Crippen molar-refractivity contribution in [2.45, 2.75) is 19.9 Å². The quantitative estimate of drug-likeness (QED) is 0.321. The lowest BCUT2D eigenvalue weighted by atomic mass is 10.1. The standard InChI is InChI=1S/C16H15N3O6/c1-2-25-16(22)9-13(20)10-18-15(21)7-6-14(17-18)11-4-3-5-12(8-11)19(23)24/h3-8H,2,9-10H2,1H3. The van der Waals surface area contributed by atoms with Crippen molar-refractivity contribution in [3.8, 4) is 11.3 Å². The number of aromatic nitrogens is 2. The highest BCUT2D eigenvalue weighted by Gasteiger charge is 2.14. The SMILES string of the molecule is CCOC(=O)CC(=O)Cn1nc(-c2cccc([N+](=O)[O-])c2)ccc1=O. The lowest BCUT2D eigenvalue weighted by Crippen LogP contribution is -2.27. The second kappa shape index (κ2) is 7.95. The van der Waals surface area contributed by atoms with E-state index < -0.39 is 28.7 Å². The number of benzene rings is 1. The van der Waals surface area contributed by atoms with Gasteiger partial charge in [0.25, 0.3) is 11.2 Å². The second-order valence-corrected chi connectivity index (χ2v) is 5.04. The fraction of sp³-hybridized carbons (Fsp3) is 0.250. The third kappa shape index (κ3) is 4.80. The van der Waals surface area contributed by atoms with Crippen LogP contribution >= 0.6 is 0 Å². The molecule has 130 valence electrons. The molecule has 0 atom stereocenters. The van der Waals surface area contributed by atoms with Gasteiger partial charge in [-0.1, -0.05) is 12.1 Å². The summed E-state index contributed by atoms with van der Waals surface area (Å²) in [6, 6.07) is 8.37. The smallest absolute Gasteiger partial charge is 0.313 e. The van der Waals surface area contributed by atoms with Crippen LogP contribution in [0.15, 0.2) is 41.2 Å². The minimum Gasteiger partial charge on any atom is -0.466 e. The molecule has 1 aromatic heterocycles. The predicted octanol–water partition coefficient (Wildman–Crippen LogP) is 1.34. The van der Waals surface area contributed by atoms with Gasteiger partial charge in [0.1, 0.15) is 13.0 Å². The molecule has 1 heterocycles. The monoisotopic (exact) mass is 345 g/mol. The van der Waals surface area contributed by atoms with Crippen molar-refractivity contribution in [1.29, 1.82) is 0 Å². The summed E-state index contributed by atoms with van der Waals surface area (Å²) in [5.74, 6) is -1.19. The lowest BCUT2D eigenvalue weighted by Gasteiger charge is -2.07. The van der Waals surface area contributed by atoms with Crippen molar-refractivity contribution in [2.75, 3.05) is 6.61 Å². The topological polar surface area (TPSA) is 121 Å². The molecule has 0 aliphatic rings. The molecule has 9 heteroatoms. The number of carbonyl (C=O) groups is 2. The Hall–Kier alpha value is -3.36. The van der Waals surface area contributed by atoms with Gasteiger partial charge in [0, 0.05) is 23.8 Å². The van der Waals surface area contributed by atoms with Crippen molar-refractivity contribution < 1.29 is 19.2 Å². The Bertz CT molecular complexity index is 874. The molecule has 0 saturated heterocycles. The van der Waals surface area contributed by atoms with Gasteiger partial charge in [-0.2, -0.15) is 5.10 Å². The Morgan fingerprint density at radius 2 is 2.04 bits per heavy atom. The second-order valence-electron chi connectivity index (χ2n) is 5.04. The maximum Gasteiger partial charge on any atom is 0.313 e. The number of non-ortho nitro benzene ring substituents is 1. The van der Waals surface area contributed by atoms with Crippen molar-refractivity contribution in [1.82, 2.24) is 9.78 Å². The molecule has 9 nitrogen and oxygen atoms in total. The maximum atomic E-state index is 11.9. The van der Waals surface area contributed by atoms with Crippen molar-refractivity contribution >= 4 is 17.4 Å². The van der Waals surface area contributed by atoms with Crippen LogP contribution < -0.4 is 5.56 Å². The van der Waals surface area contributed by atoms with E-state index in [1.165, 1.54) is 30.3 Å². The van der Waals surface area contributed by atoms with Gasteiger partial charge >= 0.3 is 5.97 Å². The van der Waals surface area contributed by atoms with Crippen molar-refractivity contribution in [2.24, 2.45) is 0 Å². The minimum atomic E-state index is -0.671. The van der Waals surface area contributed by atoms with Gasteiger partial charge < -0.3 is 4.74 Å². The zero-order valence-corrected chi connectivity index (χ0v) is 13.4. The first kappa shape index (κ1) is 18.0. The molecule has 0 saturated carbocycles. The molecule has 2 rings (SSSR count). The summed E-state index contributed by atoms with van der Waals surface area (Å²) in [5.41, 5.74) is 0.0925. The summed E-state index contributed by atoms with van der Waals surface area (Å²) in [4.78, 5) is 45.3. The number of rotatable bonds is 7. The van der Waals surface area contributed by atoms with Gasteiger partial charge in [0.2, 0.25) is 0 Å². The summed E-state index contributed by atoms with van der Waals surface area (Å²) in [6.07, 6.45) is -0.455. The Morgan fingerprint density at radius 3 is 2.72 bits per heavy atom. The molecule has 0 amide bonds.